The van der Waals surface area contributed by atoms with E-state index in [4.69, 9.17) is 9.47 Å². The third kappa shape index (κ3) is 6.55. The normalized spacial score (nSPS) is 13.8. The van der Waals surface area contributed by atoms with Crippen molar-refractivity contribution in [2.75, 3.05) is 20.7 Å². The molecule has 1 aromatic carbocycles. The lowest BCUT2D eigenvalue weighted by molar-refractivity contribution is -0.135. The van der Waals surface area contributed by atoms with Crippen molar-refractivity contribution >= 4 is 35.2 Å². The number of carbonyl (C=O) groups excluding carboxylic acids is 2. The Morgan fingerprint density at radius 1 is 1.23 bits per heavy atom. The first-order valence-corrected chi connectivity index (χ1v) is 10.9. The van der Waals surface area contributed by atoms with Gasteiger partial charge in [0.15, 0.2) is 23.4 Å². The summed E-state index contributed by atoms with van der Waals surface area (Å²) in [5, 5.41) is 0. The van der Waals surface area contributed by atoms with Crippen molar-refractivity contribution in [1.82, 2.24) is 9.88 Å². The zero-order valence-corrected chi connectivity index (χ0v) is 19.9. The van der Waals surface area contributed by atoms with E-state index in [9.17, 15) is 14.4 Å². The monoisotopic (exact) mass is 446 g/mol. The molecule has 0 spiro atoms. The number of likely N-dealkylation sites (N-methyl/N-ethyl adjacent to an activating group) is 1. The number of Topliss-reactive ketones (excluding diaryl/α,β-unsaturated/α-hetero) is 1. The van der Waals surface area contributed by atoms with Gasteiger partial charge in [-0.15, -0.1) is 11.3 Å². The first-order valence-electron chi connectivity index (χ1n) is 10.0. The van der Waals surface area contributed by atoms with Crippen LogP contribution in [-0.4, -0.2) is 48.4 Å². The van der Waals surface area contributed by atoms with Crippen molar-refractivity contribution in [2.24, 2.45) is 5.41 Å². The Bertz CT molecular complexity index is 1120. The van der Waals surface area contributed by atoms with Crippen LogP contribution in [0.25, 0.3) is 12.2 Å². The minimum atomic E-state index is -0.664. The van der Waals surface area contributed by atoms with Gasteiger partial charge < -0.3 is 19.4 Å². The number of hydrogen-bond acceptors (Lipinski definition) is 6. The van der Waals surface area contributed by atoms with Crippen LogP contribution < -0.4 is 24.2 Å². The second kappa shape index (κ2) is 9.96. The molecule has 1 amide bonds. The van der Waals surface area contributed by atoms with E-state index in [0.717, 1.165) is 5.56 Å². The molecule has 1 heterocycles. The Hall–Kier alpha value is -2.87. The molecular formula is C23H30N2O5S. The van der Waals surface area contributed by atoms with Crippen LogP contribution in [0.1, 0.15) is 40.2 Å². The highest BCUT2D eigenvalue weighted by Gasteiger charge is 2.19. The lowest BCUT2D eigenvalue weighted by Gasteiger charge is -2.20. The molecule has 1 unspecified atom stereocenters. The molecule has 0 saturated heterocycles. The van der Waals surface area contributed by atoms with E-state index >= 15 is 0 Å². The SMILES string of the molecule is CCOc1cc(/C=c2/s/c(=C/C(=O)C(C)(C)C)[nH]c2=O)ccc1OC(C)C(=O)N(C)C. The molecule has 8 heteroatoms. The molecule has 0 fully saturated rings. The van der Waals surface area contributed by atoms with E-state index in [1.807, 2.05) is 27.7 Å². The van der Waals surface area contributed by atoms with E-state index in [-0.39, 0.29) is 17.2 Å². The number of ether oxygens (including phenoxy) is 2. The molecule has 168 valence electrons. The summed E-state index contributed by atoms with van der Waals surface area (Å²) in [5.74, 6) is 0.721. The summed E-state index contributed by atoms with van der Waals surface area (Å²) in [6.07, 6.45) is 2.53. The standard InChI is InChI=1S/C23H30N2O5S/c1-8-29-17-11-15(9-10-16(17)30-14(2)22(28)25(6)7)12-18-21(27)24-20(31-18)13-19(26)23(3,4)5/h9-14H,8H2,1-7H3,(H,24,27)/b18-12+,20-13+. The zero-order chi connectivity index (χ0) is 23.3. The second-order valence-corrected chi connectivity index (χ2v) is 9.40. The number of carbonyl (C=O) groups is 2. The summed E-state index contributed by atoms with van der Waals surface area (Å²) in [5.41, 5.74) is -0.0390. The van der Waals surface area contributed by atoms with Gasteiger partial charge in [-0.1, -0.05) is 26.8 Å². The van der Waals surface area contributed by atoms with Crippen LogP contribution in [0.3, 0.4) is 0 Å². The Morgan fingerprint density at radius 2 is 1.90 bits per heavy atom. The van der Waals surface area contributed by atoms with Gasteiger partial charge >= 0.3 is 0 Å². The maximum Gasteiger partial charge on any atom is 0.266 e. The second-order valence-electron chi connectivity index (χ2n) is 8.32. The largest absolute Gasteiger partial charge is 0.490 e. The van der Waals surface area contributed by atoms with Gasteiger partial charge in [-0.25, -0.2) is 0 Å². The van der Waals surface area contributed by atoms with Crippen molar-refractivity contribution in [3.8, 4) is 11.5 Å². The van der Waals surface area contributed by atoms with E-state index in [1.165, 1.54) is 22.3 Å². The average Bonchev–Trinajstić information content (AvgIpc) is 3.01. The Morgan fingerprint density at radius 3 is 2.48 bits per heavy atom. The van der Waals surface area contributed by atoms with Gasteiger partial charge in [0.25, 0.3) is 11.5 Å². The third-order valence-electron chi connectivity index (χ3n) is 4.34. The van der Waals surface area contributed by atoms with Crippen molar-refractivity contribution < 1.29 is 19.1 Å². The quantitative estimate of drug-likeness (QED) is 0.702. The summed E-state index contributed by atoms with van der Waals surface area (Å²) < 4.78 is 12.5. The highest BCUT2D eigenvalue weighted by molar-refractivity contribution is 7.07. The minimum absolute atomic E-state index is 0.0573. The van der Waals surface area contributed by atoms with Gasteiger partial charge in [0, 0.05) is 25.6 Å². The summed E-state index contributed by atoms with van der Waals surface area (Å²) in [4.78, 5) is 40.8. The van der Waals surface area contributed by atoms with E-state index in [0.29, 0.717) is 27.3 Å². The molecular weight excluding hydrogens is 416 g/mol. The predicted octanol–water partition coefficient (Wildman–Crippen LogP) is 1.92. The molecule has 31 heavy (non-hydrogen) atoms. The number of amides is 1. The van der Waals surface area contributed by atoms with Crippen LogP contribution in [0.5, 0.6) is 11.5 Å². The van der Waals surface area contributed by atoms with Crippen LogP contribution in [-0.2, 0) is 9.59 Å². The number of rotatable bonds is 7. The van der Waals surface area contributed by atoms with Gasteiger partial charge in [0.2, 0.25) is 0 Å². The highest BCUT2D eigenvalue weighted by atomic mass is 32.1. The fourth-order valence-corrected chi connectivity index (χ4v) is 3.48. The lowest BCUT2D eigenvalue weighted by atomic mass is 9.91. The highest BCUT2D eigenvalue weighted by Crippen LogP contribution is 2.30. The molecule has 2 rings (SSSR count). The van der Waals surface area contributed by atoms with Gasteiger partial charge in [-0.05, 0) is 37.6 Å². The maximum atomic E-state index is 12.3. The molecule has 0 aliphatic carbocycles. The number of nitrogens with zero attached hydrogens (tertiary/aromatic N) is 1. The van der Waals surface area contributed by atoms with Crippen molar-refractivity contribution in [3.63, 3.8) is 0 Å². The third-order valence-corrected chi connectivity index (χ3v) is 5.30. The molecule has 0 bridgehead atoms. The molecule has 1 aromatic heterocycles. The van der Waals surface area contributed by atoms with Crippen molar-refractivity contribution in [3.05, 3.63) is 43.3 Å². The van der Waals surface area contributed by atoms with Crippen LogP contribution in [0.4, 0.5) is 0 Å². The molecule has 0 radical (unpaired) electrons. The summed E-state index contributed by atoms with van der Waals surface area (Å²) in [7, 11) is 3.34. The molecule has 2 aromatic rings. The number of nitrogens with one attached hydrogen (secondary N) is 1. The average molecular weight is 447 g/mol. The van der Waals surface area contributed by atoms with E-state index < -0.39 is 11.5 Å². The van der Waals surface area contributed by atoms with Crippen LogP contribution >= 0.6 is 11.3 Å². The van der Waals surface area contributed by atoms with Gasteiger partial charge in [0.05, 0.1) is 15.8 Å². The minimum Gasteiger partial charge on any atom is -0.490 e. The Balaban J connectivity index is 2.40. The molecule has 1 N–H and O–H groups in total. The molecule has 0 saturated carbocycles. The first-order chi connectivity index (χ1) is 14.4. The number of ketones is 1. The fraction of sp³-hybridized carbons (Fsp3) is 0.435. The number of aromatic amines is 1. The topological polar surface area (TPSA) is 88.7 Å². The summed E-state index contributed by atoms with van der Waals surface area (Å²) in [6, 6.07) is 5.26. The maximum absolute atomic E-state index is 12.3. The predicted molar refractivity (Wildman–Crippen MR) is 123 cm³/mol. The van der Waals surface area contributed by atoms with Crippen LogP contribution in [0.2, 0.25) is 0 Å². The van der Waals surface area contributed by atoms with Crippen LogP contribution in [0, 0.1) is 5.41 Å². The fourth-order valence-electron chi connectivity index (χ4n) is 2.60. The van der Waals surface area contributed by atoms with E-state index in [2.05, 4.69) is 4.98 Å². The smallest absolute Gasteiger partial charge is 0.266 e. The van der Waals surface area contributed by atoms with Crippen molar-refractivity contribution in [1.29, 1.82) is 0 Å². The van der Waals surface area contributed by atoms with Crippen molar-refractivity contribution in [2.45, 2.75) is 40.7 Å². The molecule has 0 aliphatic rings. The number of thiazole rings is 1. The lowest BCUT2D eigenvalue weighted by Crippen LogP contribution is -2.35. The molecule has 0 aliphatic heterocycles. The molecule has 1 atom stereocenters. The zero-order valence-electron chi connectivity index (χ0n) is 19.1. The number of hydrogen-bond donors (Lipinski definition) is 1. The molecule has 7 nitrogen and oxygen atoms in total. The van der Waals surface area contributed by atoms with Gasteiger partial charge in [-0.3, -0.25) is 14.4 Å². The van der Waals surface area contributed by atoms with Crippen LogP contribution in [0.15, 0.2) is 23.0 Å². The Labute approximate surface area is 186 Å². The van der Waals surface area contributed by atoms with Gasteiger partial charge in [-0.2, -0.15) is 0 Å². The first kappa shape index (κ1) is 24.4. The Kier molecular flexibility index (Phi) is 7.84. The van der Waals surface area contributed by atoms with E-state index in [1.54, 1.807) is 45.3 Å². The van der Waals surface area contributed by atoms with Gasteiger partial charge in [0.1, 0.15) is 0 Å². The number of H-pyrrole nitrogens is 1. The number of benzene rings is 1. The summed E-state index contributed by atoms with van der Waals surface area (Å²) in [6.45, 7) is 9.44. The summed E-state index contributed by atoms with van der Waals surface area (Å²) >= 11 is 1.22. The number of aromatic nitrogens is 1.